The highest BCUT2D eigenvalue weighted by molar-refractivity contribution is 7.91. The van der Waals surface area contributed by atoms with E-state index in [0.29, 0.717) is 16.6 Å². The van der Waals surface area contributed by atoms with Gasteiger partial charge in [-0.2, -0.15) is 4.31 Å². The number of piperidine rings is 1. The van der Waals surface area contributed by atoms with Crippen LogP contribution < -0.4 is 0 Å². The van der Waals surface area contributed by atoms with Gasteiger partial charge in [-0.15, -0.1) is 22.9 Å². The lowest BCUT2D eigenvalue weighted by molar-refractivity contribution is 0.248. The number of alkyl halides is 1. The Morgan fingerprint density at radius 2 is 2.33 bits per heavy atom. The van der Waals surface area contributed by atoms with E-state index in [1.54, 1.807) is 4.31 Å². The second kappa shape index (κ2) is 5.86. The fourth-order valence-corrected chi connectivity index (χ4v) is 5.50. The van der Waals surface area contributed by atoms with Crippen molar-refractivity contribution >= 4 is 33.0 Å². The Labute approximate surface area is 117 Å². The molecule has 18 heavy (non-hydrogen) atoms. The van der Waals surface area contributed by atoms with Gasteiger partial charge in [-0.3, -0.25) is 0 Å². The summed E-state index contributed by atoms with van der Waals surface area (Å²) in [7, 11) is -3.38. The molecule has 0 radical (unpaired) electrons. The molecule has 1 fully saturated rings. The van der Waals surface area contributed by atoms with E-state index in [-0.39, 0.29) is 6.04 Å². The lowest BCUT2D eigenvalue weighted by Crippen LogP contribution is -2.43. The van der Waals surface area contributed by atoms with Gasteiger partial charge in [0.25, 0.3) is 10.0 Å². The quantitative estimate of drug-likeness (QED) is 0.803. The average Bonchev–Trinajstić information content (AvgIpc) is 2.78. The van der Waals surface area contributed by atoms with Crippen LogP contribution in [0.15, 0.2) is 10.4 Å². The standard InChI is InChI=1S/C11H17ClN2O2S2/c1-9-13-8-11(17-9)18(15,16)14-7-3-2-4-10(14)5-6-12/h8,10H,2-7H2,1H3. The molecule has 102 valence electrons. The monoisotopic (exact) mass is 308 g/mol. The predicted octanol–water partition coefficient (Wildman–Crippen LogP) is 2.62. The van der Waals surface area contributed by atoms with Crippen LogP contribution in [0.1, 0.15) is 30.7 Å². The molecule has 1 aromatic rings. The number of hydrogen-bond donors (Lipinski definition) is 0. The van der Waals surface area contributed by atoms with Crippen LogP contribution in [0, 0.1) is 6.92 Å². The lowest BCUT2D eigenvalue weighted by Gasteiger charge is -2.33. The molecule has 1 atom stereocenters. The number of rotatable bonds is 4. The van der Waals surface area contributed by atoms with E-state index in [1.807, 2.05) is 6.92 Å². The summed E-state index contributed by atoms with van der Waals surface area (Å²) in [6, 6.07) is 0.0451. The van der Waals surface area contributed by atoms with Crippen molar-refractivity contribution in [3.05, 3.63) is 11.2 Å². The first-order valence-corrected chi connectivity index (χ1v) is 8.85. The van der Waals surface area contributed by atoms with Crippen LogP contribution in [0.2, 0.25) is 0 Å². The van der Waals surface area contributed by atoms with Crippen molar-refractivity contribution in [2.45, 2.75) is 42.9 Å². The van der Waals surface area contributed by atoms with Crippen LogP contribution in [-0.4, -0.2) is 36.2 Å². The molecule has 0 aliphatic carbocycles. The SMILES string of the molecule is Cc1ncc(S(=O)(=O)N2CCCCC2CCCl)s1. The first-order chi connectivity index (χ1) is 8.55. The lowest BCUT2D eigenvalue weighted by atomic mass is 10.0. The molecule has 4 nitrogen and oxygen atoms in total. The number of nitrogens with zero attached hydrogens (tertiary/aromatic N) is 2. The average molecular weight is 309 g/mol. The van der Waals surface area contributed by atoms with Gasteiger partial charge in [-0.05, 0) is 26.2 Å². The molecular weight excluding hydrogens is 292 g/mol. The molecule has 2 rings (SSSR count). The van der Waals surface area contributed by atoms with Gasteiger partial charge in [0.1, 0.15) is 0 Å². The van der Waals surface area contributed by atoms with Crippen LogP contribution in [0.3, 0.4) is 0 Å². The largest absolute Gasteiger partial charge is 0.254 e. The smallest absolute Gasteiger partial charge is 0.249 e. The maximum absolute atomic E-state index is 12.5. The number of thiazole rings is 1. The summed E-state index contributed by atoms with van der Waals surface area (Å²) in [5.74, 6) is 0.498. The summed E-state index contributed by atoms with van der Waals surface area (Å²) in [6.45, 7) is 2.41. The second-order valence-electron chi connectivity index (χ2n) is 4.44. The van der Waals surface area contributed by atoms with E-state index in [2.05, 4.69) is 4.98 Å². The number of aryl methyl sites for hydroxylation is 1. The first-order valence-electron chi connectivity index (χ1n) is 6.06. The summed E-state index contributed by atoms with van der Waals surface area (Å²) < 4.78 is 27.0. The Balaban J connectivity index is 2.27. The minimum Gasteiger partial charge on any atom is -0.249 e. The topological polar surface area (TPSA) is 50.3 Å². The van der Waals surface area contributed by atoms with E-state index in [4.69, 9.17) is 11.6 Å². The van der Waals surface area contributed by atoms with Crippen LogP contribution >= 0.6 is 22.9 Å². The Kier molecular flexibility index (Phi) is 4.64. The predicted molar refractivity (Wildman–Crippen MR) is 73.7 cm³/mol. The van der Waals surface area contributed by atoms with Crippen molar-refractivity contribution in [3.8, 4) is 0 Å². The number of sulfonamides is 1. The van der Waals surface area contributed by atoms with Crippen molar-refractivity contribution in [1.29, 1.82) is 0 Å². The number of halogens is 1. The number of aromatic nitrogens is 1. The molecule has 0 amide bonds. The zero-order valence-electron chi connectivity index (χ0n) is 10.3. The molecule has 0 saturated carbocycles. The van der Waals surface area contributed by atoms with Gasteiger partial charge in [0.15, 0.2) is 4.21 Å². The summed E-state index contributed by atoms with van der Waals surface area (Å²) in [6.07, 6.45) is 5.09. The van der Waals surface area contributed by atoms with Gasteiger partial charge in [0, 0.05) is 18.5 Å². The zero-order chi connectivity index (χ0) is 13.2. The Morgan fingerprint density at radius 1 is 1.56 bits per heavy atom. The fourth-order valence-electron chi connectivity index (χ4n) is 2.28. The van der Waals surface area contributed by atoms with Gasteiger partial charge in [-0.1, -0.05) is 6.42 Å². The molecule has 7 heteroatoms. The molecule has 1 saturated heterocycles. The molecule has 1 aliphatic heterocycles. The highest BCUT2D eigenvalue weighted by atomic mass is 35.5. The van der Waals surface area contributed by atoms with E-state index in [0.717, 1.165) is 30.7 Å². The molecule has 2 heterocycles. The molecule has 1 unspecified atom stereocenters. The second-order valence-corrected chi connectivity index (χ2v) is 8.17. The third kappa shape index (κ3) is 2.87. The summed E-state index contributed by atoms with van der Waals surface area (Å²) in [5, 5.41) is 0.777. The summed E-state index contributed by atoms with van der Waals surface area (Å²) >= 11 is 7.00. The van der Waals surface area contributed by atoms with Gasteiger partial charge < -0.3 is 0 Å². The van der Waals surface area contributed by atoms with Crippen molar-refractivity contribution < 1.29 is 8.42 Å². The summed E-state index contributed by atoms with van der Waals surface area (Å²) in [5.41, 5.74) is 0. The van der Waals surface area contributed by atoms with Crippen molar-refractivity contribution in [2.24, 2.45) is 0 Å². The third-order valence-corrected chi connectivity index (χ3v) is 6.70. The summed E-state index contributed by atoms with van der Waals surface area (Å²) in [4.78, 5) is 4.04. The Bertz CT molecular complexity index is 499. The van der Waals surface area contributed by atoms with Crippen molar-refractivity contribution in [2.75, 3.05) is 12.4 Å². The first kappa shape index (κ1) is 14.2. The highest BCUT2D eigenvalue weighted by Crippen LogP contribution is 2.29. The fraction of sp³-hybridized carbons (Fsp3) is 0.727. The van der Waals surface area contributed by atoms with Gasteiger partial charge in [0.2, 0.25) is 0 Å². The third-order valence-electron chi connectivity index (χ3n) is 3.18. The van der Waals surface area contributed by atoms with E-state index in [9.17, 15) is 8.42 Å². The molecule has 0 spiro atoms. The zero-order valence-corrected chi connectivity index (χ0v) is 12.7. The molecule has 0 aromatic carbocycles. The van der Waals surface area contributed by atoms with Crippen LogP contribution in [-0.2, 0) is 10.0 Å². The van der Waals surface area contributed by atoms with Crippen LogP contribution in [0.25, 0.3) is 0 Å². The highest BCUT2D eigenvalue weighted by Gasteiger charge is 2.34. The molecule has 1 aromatic heterocycles. The Morgan fingerprint density at radius 3 is 2.94 bits per heavy atom. The normalized spacial score (nSPS) is 22.2. The van der Waals surface area contributed by atoms with Crippen LogP contribution in [0.5, 0.6) is 0 Å². The van der Waals surface area contributed by atoms with Gasteiger partial charge >= 0.3 is 0 Å². The molecule has 0 N–H and O–H groups in total. The van der Waals surface area contributed by atoms with Crippen molar-refractivity contribution in [1.82, 2.24) is 9.29 Å². The van der Waals surface area contributed by atoms with Gasteiger partial charge in [-0.25, -0.2) is 13.4 Å². The Hall–Kier alpha value is -0.170. The van der Waals surface area contributed by atoms with E-state index >= 15 is 0 Å². The maximum Gasteiger partial charge on any atom is 0.254 e. The van der Waals surface area contributed by atoms with E-state index < -0.39 is 10.0 Å². The minimum atomic E-state index is -3.38. The molecular formula is C11H17ClN2O2S2. The van der Waals surface area contributed by atoms with Crippen LogP contribution in [0.4, 0.5) is 0 Å². The molecule has 1 aliphatic rings. The van der Waals surface area contributed by atoms with E-state index in [1.165, 1.54) is 17.5 Å². The maximum atomic E-state index is 12.5. The van der Waals surface area contributed by atoms with Crippen molar-refractivity contribution in [3.63, 3.8) is 0 Å². The number of hydrogen-bond acceptors (Lipinski definition) is 4. The van der Waals surface area contributed by atoms with Gasteiger partial charge in [0.05, 0.1) is 11.2 Å². The molecule has 0 bridgehead atoms. The minimum absolute atomic E-state index is 0.0451.